The molecule has 0 radical (unpaired) electrons. The zero-order valence-corrected chi connectivity index (χ0v) is 11.9. The summed E-state index contributed by atoms with van der Waals surface area (Å²) < 4.78 is 0. The molecule has 0 saturated heterocycles. The minimum absolute atomic E-state index is 0. The fourth-order valence-electron chi connectivity index (χ4n) is 2.25. The lowest BCUT2D eigenvalue weighted by Gasteiger charge is -2.11. The van der Waals surface area contributed by atoms with Gasteiger partial charge in [-0.3, -0.25) is 10.1 Å². The normalized spacial score (nSPS) is 19.7. The molecule has 3 rings (SSSR count). The van der Waals surface area contributed by atoms with Crippen molar-refractivity contribution in [2.45, 2.75) is 18.9 Å². The summed E-state index contributed by atoms with van der Waals surface area (Å²) in [5, 5.41) is 17.5. The molecule has 1 unspecified atom stereocenters. The van der Waals surface area contributed by atoms with Gasteiger partial charge in [-0.1, -0.05) is 0 Å². The average Bonchev–Trinajstić information content (AvgIpc) is 3.06. The second-order valence-electron chi connectivity index (χ2n) is 4.81. The number of hydrogen-bond donors (Lipinski definition) is 2. The van der Waals surface area contributed by atoms with Crippen LogP contribution in [0.5, 0.6) is 0 Å². The van der Waals surface area contributed by atoms with Crippen LogP contribution in [0.15, 0.2) is 18.2 Å². The minimum Gasteiger partial charge on any atom is -0.383 e. The summed E-state index contributed by atoms with van der Waals surface area (Å²) >= 11 is 0. The van der Waals surface area contributed by atoms with E-state index in [-0.39, 0.29) is 41.5 Å². The number of fused-ring (bicyclic) bond motifs is 1. The second-order valence-corrected chi connectivity index (χ2v) is 4.81. The molecule has 7 heteroatoms. The van der Waals surface area contributed by atoms with Gasteiger partial charge in [0.1, 0.15) is 0 Å². The Morgan fingerprint density at radius 3 is 2.74 bits per heavy atom. The standard InChI is InChI=1S/C12H15N3O2.2ClH/c16-15(17)9-3-4-11-10(5-9)12(7-14-11)13-6-8-1-2-8;;/h3-5,8,12-14H,1-2,6-7H2;2*1H. The molecule has 2 N–H and O–H groups in total. The van der Waals surface area contributed by atoms with E-state index in [1.807, 2.05) is 0 Å². The smallest absolute Gasteiger partial charge is 0.269 e. The lowest BCUT2D eigenvalue weighted by atomic mass is 10.1. The summed E-state index contributed by atoms with van der Waals surface area (Å²) in [5.41, 5.74) is 2.22. The van der Waals surface area contributed by atoms with Crippen LogP contribution in [0.4, 0.5) is 11.4 Å². The largest absolute Gasteiger partial charge is 0.383 e. The van der Waals surface area contributed by atoms with E-state index in [4.69, 9.17) is 0 Å². The third-order valence-corrected chi connectivity index (χ3v) is 3.47. The molecule has 106 valence electrons. The lowest BCUT2D eigenvalue weighted by Crippen LogP contribution is -2.24. The van der Waals surface area contributed by atoms with Crippen LogP contribution >= 0.6 is 24.8 Å². The molecule has 0 bridgehead atoms. The Bertz CT molecular complexity index is 466. The SMILES string of the molecule is Cl.Cl.O=[N+]([O-])c1ccc2c(c1)C(NCC1CC1)CN2. The summed E-state index contributed by atoms with van der Waals surface area (Å²) in [7, 11) is 0. The van der Waals surface area contributed by atoms with E-state index in [1.165, 1.54) is 12.8 Å². The molecule has 0 spiro atoms. The number of benzene rings is 1. The molecule has 2 aliphatic rings. The van der Waals surface area contributed by atoms with Crippen molar-refractivity contribution in [3.05, 3.63) is 33.9 Å². The van der Waals surface area contributed by atoms with E-state index in [0.29, 0.717) is 0 Å². The van der Waals surface area contributed by atoms with Crippen LogP contribution < -0.4 is 10.6 Å². The Kier molecular flexibility index (Phi) is 5.40. The van der Waals surface area contributed by atoms with Crippen LogP contribution in [0.1, 0.15) is 24.4 Å². The summed E-state index contributed by atoms with van der Waals surface area (Å²) in [4.78, 5) is 10.4. The number of non-ortho nitro benzene ring substituents is 1. The van der Waals surface area contributed by atoms with Gasteiger partial charge in [0.25, 0.3) is 5.69 Å². The van der Waals surface area contributed by atoms with E-state index >= 15 is 0 Å². The van der Waals surface area contributed by atoms with Gasteiger partial charge in [-0.2, -0.15) is 0 Å². The number of nitrogens with one attached hydrogen (secondary N) is 2. The fraction of sp³-hybridized carbons (Fsp3) is 0.500. The number of halogens is 2. The van der Waals surface area contributed by atoms with E-state index in [0.717, 1.165) is 30.3 Å². The van der Waals surface area contributed by atoms with Crippen molar-refractivity contribution in [2.75, 3.05) is 18.4 Å². The highest BCUT2D eigenvalue weighted by atomic mass is 35.5. The maximum absolute atomic E-state index is 10.7. The predicted molar refractivity (Wildman–Crippen MR) is 79.5 cm³/mol. The highest BCUT2D eigenvalue weighted by Crippen LogP contribution is 2.34. The van der Waals surface area contributed by atoms with E-state index < -0.39 is 0 Å². The van der Waals surface area contributed by atoms with Gasteiger partial charge in [0.05, 0.1) is 11.0 Å². The average molecular weight is 306 g/mol. The number of nitrogens with zero attached hydrogens (tertiary/aromatic N) is 1. The van der Waals surface area contributed by atoms with Gasteiger partial charge in [-0.15, -0.1) is 24.8 Å². The Morgan fingerprint density at radius 1 is 1.37 bits per heavy atom. The van der Waals surface area contributed by atoms with Crippen LogP contribution in [0.25, 0.3) is 0 Å². The Morgan fingerprint density at radius 2 is 2.11 bits per heavy atom. The van der Waals surface area contributed by atoms with Crippen molar-refractivity contribution in [3.8, 4) is 0 Å². The van der Waals surface area contributed by atoms with Crippen LogP contribution in [0, 0.1) is 16.0 Å². The number of nitro groups is 1. The van der Waals surface area contributed by atoms with Crippen molar-refractivity contribution in [1.29, 1.82) is 0 Å². The first-order valence-electron chi connectivity index (χ1n) is 5.99. The van der Waals surface area contributed by atoms with E-state index in [9.17, 15) is 10.1 Å². The molecule has 1 aliphatic heterocycles. The van der Waals surface area contributed by atoms with E-state index in [1.54, 1.807) is 18.2 Å². The third kappa shape index (κ3) is 3.49. The maximum Gasteiger partial charge on any atom is 0.269 e. The summed E-state index contributed by atoms with van der Waals surface area (Å²) in [6.45, 7) is 1.84. The van der Waals surface area contributed by atoms with Gasteiger partial charge in [-0.05, 0) is 31.4 Å². The molecular weight excluding hydrogens is 289 g/mol. The Labute approximate surface area is 124 Å². The third-order valence-electron chi connectivity index (χ3n) is 3.47. The molecule has 1 aromatic rings. The zero-order chi connectivity index (χ0) is 11.8. The number of anilines is 1. The first kappa shape index (κ1) is 16.0. The molecule has 0 amide bonds. The first-order chi connectivity index (χ1) is 8.24. The lowest BCUT2D eigenvalue weighted by molar-refractivity contribution is -0.384. The minimum atomic E-state index is -0.337. The quantitative estimate of drug-likeness (QED) is 0.663. The zero-order valence-electron chi connectivity index (χ0n) is 10.3. The van der Waals surface area contributed by atoms with Crippen LogP contribution in [0.3, 0.4) is 0 Å². The fourth-order valence-corrected chi connectivity index (χ4v) is 2.25. The Balaban J connectivity index is 0.000000902. The topological polar surface area (TPSA) is 67.2 Å². The summed E-state index contributed by atoms with van der Waals surface area (Å²) in [5.74, 6) is 0.817. The van der Waals surface area contributed by atoms with Crippen molar-refractivity contribution in [2.24, 2.45) is 5.92 Å². The maximum atomic E-state index is 10.7. The second kappa shape index (κ2) is 6.41. The molecule has 1 aromatic carbocycles. The van der Waals surface area contributed by atoms with Crippen molar-refractivity contribution < 1.29 is 4.92 Å². The van der Waals surface area contributed by atoms with E-state index in [2.05, 4.69) is 10.6 Å². The molecule has 0 aromatic heterocycles. The summed E-state index contributed by atoms with van der Waals surface area (Å²) in [6.07, 6.45) is 2.63. The number of rotatable bonds is 4. The van der Waals surface area contributed by atoms with Crippen molar-refractivity contribution in [3.63, 3.8) is 0 Å². The van der Waals surface area contributed by atoms with Crippen molar-refractivity contribution >= 4 is 36.2 Å². The monoisotopic (exact) mass is 305 g/mol. The molecule has 1 atom stereocenters. The van der Waals surface area contributed by atoms with Crippen LogP contribution in [-0.2, 0) is 0 Å². The highest BCUT2D eigenvalue weighted by molar-refractivity contribution is 5.85. The molecule has 5 nitrogen and oxygen atoms in total. The van der Waals surface area contributed by atoms with Gasteiger partial charge in [0, 0.05) is 29.9 Å². The number of hydrogen-bond acceptors (Lipinski definition) is 4. The Hall–Kier alpha value is -1.04. The van der Waals surface area contributed by atoms with Gasteiger partial charge in [-0.25, -0.2) is 0 Å². The summed E-state index contributed by atoms with van der Waals surface area (Å²) in [6, 6.07) is 5.24. The predicted octanol–water partition coefficient (Wildman–Crippen LogP) is 2.90. The van der Waals surface area contributed by atoms with Crippen molar-refractivity contribution in [1.82, 2.24) is 5.32 Å². The first-order valence-corrected chi connectivity index (χ1v) is 5.99. The van der Waals surface area contributed by atoms with Gasteiger partial charge in [0.15, 0.2) is 0 Å². The molecule has 1 saturated carbocycles. The molecular formula is C12H17Cl2N3O2. The highest BCUT2D eigenvalue weighted by Gasteiger charge is 2.27. The van der Waals surface area contributed by atoms with Gasteiger partial charge >= 0.3 is 0 Å². The van der Waals surface area contributed by atoms with Crippen LogP contribution in [0.2, 0.25) is 0 Å². The number of nitro benzene ring substituents is 1. The molecule has 19 heavy (non-hydrogen) atoms. The molecule has 1 aliphatic carbocycles. The van der Waals surface area contributed by atoms with Crippen LogP contribution in [-0.4, -0.2) is 18.0 Å². The molecule has 1 heterocycles. The van der Waals surface area contributed by atoms with Gasteiger partial charge < -0.3 is 10.6 Å². The van der Waals surface area contributed by atoms with Gasteiger partial charge in [0.2, 0.25) is 0 Å². The molecule has 1 fully saturated rings.